The Morgan fingerprint density at radius 2 is 0.771 bits per heavy atom. The molecule has 0 unspecified atom stereocenters. The van der Waals surface area contributed by atoms with Crippen LogP contribution < -0.4 is 14.9 Å². The maximum Gasteiger partial charge on any atom is 0.495 e. The highest BCUT2D eigenvalue weighted by molar-refractivity contribution is 9.10. The molecule has 0 atom stereocenters. The van der Waals surface area contributed by atoms with Crippen LogP contribution in [0.15, 0.2) is 89.4 Å². The lowest BCUT2D eigenvalue weighted by Crippen LogP contribution is -2.41. The molecule has 4 aromatic rings. The molecule has 0 bridgehead atoms. The Morgan fingerprint density at radius 1 is 0.443 bits per heavy atom. The summed E-state index contributed by atoms with van der Waals surface area (Å²) in [6, 6.07) is 27.7. The molecule has 0 spiro atoms. The Labute approximate surface area is 428 Å². The number of halogens is 2. The lowest BCUT2D eigenvalue weighted by atomic mass is 9.49. The van der Waals surface area contributed by atoms with Gasteiger partial charge in [0.15, 0.2) is 0 Å². The molecule has 3 saturated heterocycles. The SMILES string of the molecule is C.CC1(C)OB(B2OC(C)(C)C(C)(C)O2)OC1(C)C.CCOCOCc1cc(Oc2ccc(C)cc2)ccc1B1OC(C)(C)C(C)(C)O1.CCOCOCc1cc(Oc2ccc(C)cc2)ccc1Br.F. The van der Waals surface area contributed by atoms with Gasteiger partial charge in [-0.05, 0) is 182 Å². The van der Waals surface area contributed by atoms with Gasteiger partial charge in [0.2, 0.25) is 0 Å². The Morgan fingerprint density at radius 3 is 1.16 bits per heavy atom. The lowest BCUT2D eigenvalue weighted by molar-refractivity contribution is -0.0573. The molecule has 3 heterocycles. The zero-order valence-corrected chi connectivity index (χ0v) is 45.3. The molecule has 3 aliphatic heterocycles. The van der Waals surface area contributed by atoms with Crippen molar-refractivity contribution in [2.75, 3.05) is 26.8 Å². The van der Waals surface area contributed by atoms with Crippen LogP contribution >= 0.6 is 15.9 Å². The minimum absolute atomic E-state index is 0. The van der Waals surface area contributed by atoms with E-state index in [-0.39, 0.29) is 41.3 Å². The van der Waals surface area contributed by atoms with E-state index in [1.807, 2.05) is 182 Å². The number of benzene rings is 4. The Hall–Kier alpha value is -3.32. The highest BCUT2D eigenvalue weighted by atomic mass is 79.9. The largest absolute Gasteiger partial charge is 0.495 e. The summed E-state index contributed by atoms with van der Waals surface area (Å²) in [6.45, 7) is 35.0. The molecular weight excluding hydrogens is 960 g/mol. The van der Waals surface area contributed by atoms with Gasteiger partial charge in [-0.2, -0.15) is 0 Å². The van der Waals surface area contributed by atoms with Crippen LogP contribution in [0.4, 0.5) is 4.70 Å². The van der Waals surface area contributed by atoms with Gasteiger partial charge in [-0.25, -0.2) is 0 Å². The molecule has 4 aromatic carbocycles. The predicted molar refractivity (Wildman–Crippen MR) is 283 cm³/mol. The third-order valence-electron chi connectivity index (χ3n) is 13.2. The van der Waals surface area contributed by atoms with Crippen LogP contribution in [0.2, 0.25) is 0 Å². The maximum atomic E-state index is 6.24. The average molecular weight is 1040 g/mol. The van der Waals surface area contributed by atoms with Crippen molar-refractivity contribution in [1.29, 1.82) is 0 Å². The highest BCUT2D eigenvalue weighted by Crippen LogP contribution is 2.43. The molecule has 12 nitrogen and oxygen atoms in total. The first kappa shape index (κ1) is 61.0. The van der Waals surface area contributed by atoms with Crippen molar-refractivity contribution >= 4 is 42.5 Å². The number of hydrogen-bond acceptors (Lipinski definition) is 12. The first-order chi connectivity index (χ1) is 31.8. The van der Waals surface area contributed by atoms with Gasteiger partial charge >= 0.3 is 21.1 Å². The average Bonchev–Trinajstić information content (AvgIpc) is 3.73. The van der Waals surface area contributed by atoms with Crippen molar-refractivity contribution in [2.45, 2.75) is 165 Å². The van der Waals surface area contributed by atoms with Crippen LogP contribution in [-0.2, 0) is 60.1 Å². The van der Waals surface area contributed by atoms with E-state index in [0.29, 0.717) is 33.2 Å². The van der Waals surface area contributed by atoms with Gasteiger partial charge in [-0.1, -0.05) is 64.8 Å². The molecule has 17 heteroatoms. The predicted octanol–water partition coefficient (Wildman–Crippen LogP) is 12.7. The molecule has 0 saturated carbocycles. The van der Waals surface area contributed by atoms with Gasteiger partial charge in [0, 0.05) is 17.7 Å². The Kier molecular flexibility index (Phi) is 22.3. The summed E-state index contributed by atoms with van der Waals surface area (Å²) in [5, 5.41) is 0. The minimum Gasteiger partial charge on any atom is -0.457 e. The van der Waals surface area contributed by atoms with E-state index in [1.54, 1.807) is 0 Å². The van der Waals surface area contributed by atoms with Crippen LogP contribution in [0.25, 0.3) is 0 Å². The van der Waals surface area contributed by atoms with E-state index in [4.69, 9.17) is 56.3 Å². The quantitative estimate of drug-likeness (QED) is 0.0605. The third-order valence-corrected chi connectivity index (χ3v) is 13.9. The van der Waals surface area contributed by atoms with Gasteiger partial charge in [-0.15, -0.1) is 0 Å². The van der Waals surface area contributed by atoms with Crippen molar-refractivity contribution in [3.8, 4) is 23.0 Å². The molecule has 3 fully saturated rings. The Bertz CT molecular complexity index is 2140. The minimum atomic E-state index is -0.476. The summed E-state index contributed by atoms with van der Waals surface area (Å²) >= 11 is 3.52. The van der Waals surface area contributed by atoms with Gasteiger partial charge in [0.05, 0.1) is 46.8 Å². The molecule has 0 amide bonds. The number of hydrogen-bond donors (Lipinski definition) is 0. The van der Waals surface area contributed by atoms with Crippen LogP contribution in [0.5, 0.6) is 23.0 Å². The molecule has 0 N–H and O–H groups in total. The molecule has 386 valence electrons. The fourth-order valence-corrected chi connectivity index (χ4v) is 7.13. The highest BCUT2D eigenvalue weighted by Gasteiger charge is 2.63. The molecule has 70 heavy (non-hydrogen) atoms. The van der Waals surface area contributed by atoms with Crippen molar-refractivity contribution in [1.82, 2.24) is 0 Å². The van der Waals surface area contributed by atoms with Crippen molar-refractivity contribution < 1.29 is 61.1 Å². The fourth-order valence-electron chi connectivity index (χ4n) is 6.77. The molecule has 0 aliphatic carbocycles. The molecule has 7 rings (SSSR count). The summed E-state index contributed by atoms with van der Waals surface area (Å²) in [4.78, 5) is 0. The van der Waals surface area contributed by atoms with E-state index >= 15 is 0 Å². The van der Waals surface area contributed by atoms with Gasteiger partial charge in [0.1, 0.15) is 36.6 Å². The van der Waals surface area contributed by atoms with Crippen LogP contribution in [-0.4, -0.2) is 81.5 Å². The van der Waals surface area contributed by atoms with Crippen molar-refractivity contribution in [2.24, 2.45) is 0 Å². The zero-order valence-electron chi connectivity index (χ0n) is 43.7. The van der Waals surface area contributed by atoms with Crippen LogP contribution in [0.3, 0.4) is 0 Å². The first-order valence-corrected chi connectivity index (χ1v) is 24.4. The van der Waals surface area contributed by atoms with Gasteiger partial charge in [0.25, 0.3) is 0 Å². The van der Waals surface area contributed by atoms with E-state index in [2.05, 4.69) is 29.8 Å². The normalized spacial score (nSPS) is 18.7. The number of rotatable bonds is 16. The fraction of sp³-hybridized carbons (Fsp3) is 0.547. The summed E-state index contributed by atoms with van der Waals surface area (Å²) in [5.41, 5.74) is 3.08. The van der Waals surface area contributed by atoms with E-state index in [9.17, 15) is 0 Å². The van der Waals surface area contributed by atoms with Crippen molar-refractivity contribution in [3.05, 3.63) is 112 Å². The van der Waals surface area contributed by atoms with E-state index in [0.717, 1.165) is 44.1 Å². The second-order valence-electron chi connectivity index (χ2n) is 20.2. The van der Waals surface area contributed by atoms with Crippen molar-refractivity contribution in [3.63, 3.8) is 0 Å². The summed E-state index contributed by atoms with van der Waals surface area (Å²) < 4.78 is 70.8. The van der Waals surface area contributed by atoms with Crippen LogP contribution in [0, 0.1) is 13.8 Å². The molecule has 0 aromatic heterocycles. The smallest absolute Gasteiger partial charge is 0.457 e. The van der Waals surface area contributed by atoms with Gasteiger partial charge < -0.3 is 56.3 Å². The maximum absolute atomic E-state index is 6.24. The molecule has 0 radical (unpaired) electrons. The summed E-state index contributed by atoms with van der Waals surface area (Å²) in [5.74, 6) is 3.14. The lowest BCUT2D eigenvalue weighted by Gasteiger charge is -2.32. The van der Waals surface area contributed by atoms with Crippen LogP contribution in [0.1, 0.15) is 127 Å². The first-order valence-electron chi connectivity index (χ1n) is 23.6. The standard InChI is InChI=1S/C23H31BO5.C17H19BrO3.C12H24B2O4.CH4.FH/c1-7-25-16-26-15-18-14-20(27-19-10-8-17(2)9-11-19)12-13-21(18)24-28-22(3,4)23(5,6)29-24;1-3-19-12-20-11-14-10-16(8-9-17(14)18)21-15-6-4-13(2)5-7-15;1-9(2)10(3,4)16-13(15-9)14-17-11(5,6)12(7,8)18-14;;/h8-14H,7,15-16H2,1-6H3;4-10H,3,11-12H2,1-2H3;1-8H3;1H4;1H. The monoisotopic (exact) mass is 1040 g/mol. The summed E-state index contributed by atoms with van der Waals surface area (Å²) in [7, 11) is -1.41. The second-order valence-corrected chi connectivity index (χ2v) is 21.1. The Balaban J connectivity index is 0.000000283. The van der Waals surface area contributed by atoms with E-state index in [1.165, 1.54) is 11.1 Å². The molecule has 3 aliphatic rings. The van der Waals surface area contributed by atoms with E-state index < -0.39 is 32.3 Å². The topological polar surface area (TPSA) is 111 Å². The number of aryl methyl sites for hydroxylation is 2. The second kappa shape index (κ2) is 25.6. The third kappa shape index (κ3) is 16.1. The molecular formula is C53H79B3BrFO12. The summed E-state index contributed by atoms with van der Waals surface area (Å²) in [6.07, 6.45) is 0. The zero-order chi connectivity index (χ0) is 50.1. The number of ether oxygens (including phenoxy) is 6. The van der Waals surface area contributed by atoms with Gasteiger partial charge in [-0.3, -0.25) is 4.70 Å².